The van der Waals surface area contributed by atoms with E-state index in [1.54, 1.807) is 0 Å². The number of ether oxygens (including phenoxy) is 1. The van der Waals surface area contributed by atoms with E-state index in [4.69, 9.17) is 5.11 Å². The number of alkyl halides is 2. The molecule has 0 spiro atoms. The second kappa shape index (κ2) is 2.87. The maximum absolute atomic E-state index is 10.9. The summed E-state index contributed by atoms with van der Waals surface area (Å²) in [6.07, 6.45) is -1.38. The minimum Gasteiger partial charge on any atom is -0.368 e. The number of aliphatic hydroxyl groups excluding tert-OH is 1. The Kier molecular flexibility index (Phi) is 2.78. The zero-order valence-corrected chi connectivity index (χ0v) is 3.77. The van der Waals surface area contributed by atoms with E-state index < -0.39 is 12.9 Å². The third kappa shape index (κ3) is 5.78. The smallest absolute Gasteiger partial charge is 0.347 e. The van der Waals surface area contributed by atoms with Gasteiger partial charge in [0, 0.05) is 0 Å². The molecule has 0 rings (SSSR count). The minimum absolute atomic E-state index is 1.12. The van der Waals surface area contributed by atoms with Crippen LogP contribution in [0.3, 0.4) is 0 Å². The van der Waals surface area contributed by atoms with Crippen molar-refractivity contribution in [3.63, 3.8) is 0 Å². The average molecular weight is 112 g/mol. The highest BCUT2D eigenvalue weighted by Gasteiger charge is 2.03. The summed E-state index contributed by atoms with van der Waals surface area (Å²) in [4.78, 5) is 0. The summed E-state index contributed by atoms with van der Waals surface area (Å²) in [6.45, 7) is -1.76. The predicted octanol–water partition coefficient (Wildman–Crippen LogP) is 0.564. The van der Waals surface area contributed by atoms with Gasteiger partial charge in [0.05, 0.1) is 0 Å². The molecule has 0 bridgehead atoms. The van der Waals surface area contributed by atoms with Gasteiger partial charge in [0.15, 0.2) is 6.29 Å². The van der Waals surface area contributed by atoms with Gasteiger partial charge in [0.2, 0.25) is 0 Å². The first-order chi connectivity index (χ1) is 3.13. The summed E-state index contributed by atoms with van der Waals surface area (Å²) in [5, 5.41) is 8.02. The largest absolute Gasteiger partial charge is 0.368 e. The third-order valence-corrected chi connectivity index (χ3v) is 0.300. The number of aliphatic hydroxyl groups is 1. The van der Waals surface area contributed by atoms with E-state index in [-0.39, 0.29) is 0 Å². The fourth-order valence-electron chi connectivity index (χ4n) is 0.149. The summed E-state index contributed by atoms with van der Waals surface area (Å²) in [6, 6.07) is 0. The fraction of sp³-hybridized carbons (Fsp3) is 1.00. The Morgan fingerprint density at radius 2 is 2.00 bits per heavy atom. The van der Waals surface area contributed by atoms with Crippen LogP contribution in [0.2, 0.25) is 0 Å². The molecule has 7 heavy (non-hydrogen) atoms. The van der Waals surface area contributed by atoms with Gasteiger partial charge in [0.1, 0.15) is 0 Å². The van der Waals surface area contributed by atoms with Crippen LogP contribution in [-0.4, -0.2) is 18.0 Å². The maximum atomic E-state index is 10.9. The van der Waals surface area contributed by atoms with Gasteiger partial charge in [-0.15, -0.1) is 0 Å². The van der Waals surface area contributed by atoms with Crippen LogP contribution in [0.25, 0.3) is 0 Å². The van der Waals surface area contributed by atoms with Crippen molar-refractivity contribution in [2.24, 2.45) is 0 Å². The highest BCUT2D eigenvalue weighted by molar-refractivity contribution is 4.18. The fourth-order valence-corrected chi connectivity index (χ4v) is 0.149. The van der Waals surface area contributed by atoms with Crippen molar-refractivity contribution in [2.75, 3.05) is 0 Å². The van der Waals surface area contributed by atoms with Crippen molar-refractivity contribution in [3.05, 3.63) is 0 Å². The summed E-state index contributed by atoms with van der Waals surface area (Å²) in [7, 11) is 0. The van der Waals surface area contributed by atoms with Crippen LogP contribution < -0.4 is 0 Å². The van der Waals surface area contributed by atoms with Crippen LogP contribution in [0.4, 0.5) is 8.78 Å². The second-order valence-corrected chi connectivity index (χ2v) is 0.996. The Morgan fingerprint density at radius 1 is 1.57 bits per heavy atom. The van der Waals surface area contributed by atoms with E-state index in [1.165, 1.54) is 0 Å². The number of hydrogen-bond acceptors (Lipinski definition) is 2. The summed E-state index contributed by atoms with van der Waals surface area (Å²) >= 11 is 0. The maximum Gasteiger partial charge on any atom is 0.347 e. The van der Waals surface area contributed by atoms with Gasteiger partial charge in [-0.1, -0.05) is 0 Å². The molecule has 0 aromatic carbocycles. The number of hydrogen-bond donors (Lipinski definition) is 1. The molecule has 0 aliphatic heterocycles. The lowest BCUT2D eigenvalue weighted by molar-refractivity contribution is -0.219. The number of rotatable bonds is 2. The predicted molar refractivity (Wildman–Crippen MR) is 18.8 cm³/mol. The number of halogens is 2. The Labute approximate surface area is 39.7 Å². The van der Waals surface area contributed by atoms with Gasteiger partial charge in [-0.05, 0) is 6.92 Å². The lowest BCUT2D eigenvalue weighted by Gasteiger charge is -2.01. The Balaban J connectivity index is 2.95. The molecule has 0 aliphatic carbocycles. The van der Waals surface area contributed by atoms with E-state index >= 15 is 0 Å². The standard InChI is InChI=1S/C3H6F2O2/c1-2(6)7-3(4)5/h2-3,6H,1H3. The van der Waals surface area contributed by atoms with Crippen molar-refractivity contribution in [2.45, 2.75) is 19.8 Å². The van der Waals surface area contributed by atoms with Gasteiger partial charge in [0.25, 0.3) is 0 Å². The molecule has 0 fully saturated rings. The SMILES string of the molecule is CC(O)OC(F)F. The van der Waals surface area contributed by atoms with E-state index in [0.29, 0.717) is 0 Å². The zero-order valence-electron chi connectivity index (χ0n) is 3.77. The molecule has 1 unspecified atom stereocenters. The minimum atomic E-state index is -2.88. The highest BCUT2D eigenvalue weighted by Crippen LogP contribution is 1.96. The van der Waals surface area contributed by atoms with Crippen LogP contribution in [0.1, 0.15) is 6.92 Å². The molecule has 44 valence electrons. The molecular weight excluding hydrogens is 106 g/mol. The first kappa shape index (κ1) is 6.78. The first-order valence-electron chi connectivity index (χ1n) is 1.74. The zero-order chi connectivity index (χ0) is 5.86. The van der Waals surface area contributed by atoms with Gasteiger partial charge in [-0.2, -0.15) is 8.78 Å². The molecule has 0 aliphatic rings. The van der Waals surface area contributed by atoms with Crippen molar-refractivity contribution in [1.82, 2.24) is 0 Å². The molecule has 2 nitrogen and oxygen atoms in total. The first-order valence-corrected chi connectivity index (χ1v) is 1.74. The van der Waals surface area contributed by atoms with Crippen molar-refractivity contribution in [3.8, 4) is 0 Å². The Bertz CT molecular complexity index is 40.2. The molecule has 0 aromatic heterocycles. The van der Waals surface area contributed by atoms with Crippen LogP contribution in [0, 0.1) is 0 Å². The highest BCUT2D eigenvalue weighted by atomic mass is 19.3. The summed E-state index contributed by atoms with van der Waals surface area (Å²) in [5.74, 6) is 0. The van der Waals surface area contributed by atoms with Gasteiger partial charge < -0.3 is 5.11 Å². The molecule has 1 N–H and O–H groups in total. The molecule has 0 radical (unpaired) electrons. The average Bonchev–Trinajstić information content (AvgIpc) is 1.27. The molecular formula is C3H6F2O2. The normalized spacial score (nSPS) is 15.0. The lowest BCUT2D eigenvalue weighted by atomic mass is 10.8. The Hall–Kier alpha value is -0.220. The molecule has 0 saturated heterocycles. The Morgan fingerprint density at radius 3 is 2.00 bits per heavy atom. The van der Waals surface area contributed by atoms with E-state index in [1.807, 2.05) is 0 Å². The quantitative estimate of drug-likeness (QED) is 0.529. The van der Waals surface area contributed by atoms with Crippen LogP contribution in [-0.2, 0) is 4.74 Å². The van der Waals surface area contributed by atoms with E-state index in [2.05, 4.69) is 4.74 Å². The summed E-state index contributed by atoms with van der Waals surface area (Å²) < 4.78 is 25.3. The molecule has 0 saturated carbocycles. The molecule has 0 heterocycles. The monoisotopic (exact) mass is 112 g/mol. The van der Waals surface area contributed by atoms with Crippen LogP contribution in [0.15, 0.2) is 0 Å². The van der Waals surface area contributed by atoms with Crippen LogP contribution >= 0.6 is 0 Å². The second-order valence-electron chi connectivity index (χ2n) is 0.996. The van der Waals surface area contributed by atoms with E-state index in [9.17, 15) is 8.78 Å². The lowest BCUT2D eigenvalue weighted by Crippen LogP contribution is -2.10. The van der Waals surface area contributed by atoms with Gasteiger partial charge >= 0.3 is 6.61 Å². The molecule has 1 atom stereocenters. The topological polar surface area (TPSA) is 29.5 Å². The molecule has 4 heteroatoms. The molecule has 0 amide bonds. The van der Waals surface area contributed by atoms with Crippen LogP contribution in [0.5, 0.6) is 0 Å². The van der Waals surface area contributed by atoms with Gasteiger partial charge in [-0.25, -0.2) is 0 Å². The van der Waals surface area contributed by atoms with Crippen molar-refractivity contribution >= 4 is 0 Å². The third-order valence-electron chi connectivity index (χ3n) is 0.300. The summed E-state index contributed by atoms with van der Waals surface area (Å²) in [5.41, 5.74) is 0. The van der Waals surface area contributed by atoms with Crippen molar-refractivity contribution in [1.29, 1.82) is 0 Å². The molecule has 0 aromatic rings. The van der Waals surface area contributed by atoms with Gasteiger partial charge in [-0.3, -0.25) is 4.74 Å². The van der Waals surface area contributed by atoms with E-state index in [0.717, 1.165) is 6.92 Å². The van der Waals surface area contributed by atoms with Crippen molar-refractivity contribution < 1.29 is 18.6 Å².